The number of amides is 1. The topological polar surface area (TPSA) is 84.3 Å². The van der Waals surface area contributed by atoms with Gasteiger partial charge in [0.2, 0.25) is 15.9 Å². The predicted octanol–water partition coefficient (Wildman–Crippen LogP) is 7.78. The Labute approximate surface area is 279 Å². The lowest BCUT2D eigenvalue weighted by Crippen LogP contribution is -2.59. The number of sulfonamides is 1. The van der Waals surface area contributed by atoms with Crippen molar-refractivity contribution in [2.45, 2.75) is 93.8 Å². The molecule has 3 unspecified atom stereocenters. The highest BCUT2D eigenvalue weighted by Gasteiger charge is 2.53. The third-order valence-electron chi connectivity index (χ3n) is 10.4. The van der Waals surface area contributed by atoms with Gasteiger partial charge < -0.3 is 4.90 Å². The van der Waals surface area contributed by atoms with Crippen LogP contribution >= 0.6 is 11.6 Å². The molecule has 3 atom stereocenters. The molecule has 0 spiro atoms. The number of hydrogen-bond acceptors (Lipinski definition) is 4. The van der Waals surface area contributed by atoms with Gasteiger partial charge in [-0.2, -0.15) is 18.6 Å². The zero-order chi connectivity index (χ0) is 32.9. The highest BCUT2D eigenvalue weighted by molar-refractivity contribution is 7.89. The minimum Gasteiger partial charge on any atom is -0.335 e. The number of hydrogen-bond donors (Lipinski definition) is 1. The first-order valence-corrected chi connectivity index (χ1v) is 18.4. The minimum atomic E-state index is -4.55. The van der Waals surface area contributed by atoms with Crippen LogP contribution in [-0.2, 0) is 27.3 Å². The molecule has 1 N–H and O–H groups in total. The molecule has 7 rings (SSSR count). The first-order valence-electron chi connectivity index (χ1n) is 16.5. The van der Waals surface area contributed by atoms with Crippen molar-refractivity contribution in [1.82, 2.24) is 19.4 Å². The molecule has 1 aliphatic carbocycles. The van der Waals surface area contributed by atoms with Crippen LogP contribution in [0, 0.1) is 11.8 Å². The SMILES string of the molecule is CC1CC2CCC(C1)N2C(=O)C(NS(=O)(=O)c1ccc2c(cnn2CC2CCCC2)c1)C(F)(F)c1ccc(-c2ccc(Cl)cc2)cc1. The first kappa shape index (κ1) is 32.2. The molecule has 3 heterocycles. The normalized spacial score (nSPS) is 22.6. The maximum absolute atomic E-state index is 16.7. The van der Waals surface area contributed by atoms with Gasteiger partial charge in [0.15, 0.2) is 6.04 Å². The second kappa shape index (κ2) is 12.6. The van der Waals surface area contributed by atoms with Gasteiger partial charge in [-0.05, 0) is 91.8 Å². The first-order chi connectivity index (χ1) is 22.5. The standard InChI is InChI=1S/C36H39ClF2N4O3S/c1-23-18-30-14-15-31(19-23)43(30)35(44)34(36(38,39)28-10-6-25(7-11-28)26-8-12-29(37)13-9-26)41-47(45,46)32-16-17-33-27(20-32)21-40-42(33)22-24-4-2-3-5-24/h6-13,16-17,20-21,23-24,30-31,34,41H,2-5,14-15,18-19,22H2,1H3. The van der Waals surface area contributed by atoms with Crippen molar-refractivity contribution < 1.29 is 22.0 Å². The van der Waals surface area contributed by atoms with Gasteiger partial charge in [-0.25, -0.2) is 8.42 Å². The van der Waals surface area contributed by atoms with Crippen molar-refractivity contribution in [3.8, 4) is 11.1 Å². The highest BCUT2D eigenvalue weighted by Crippen LogP contribution is 2.42. The van der Waals surface area contributed by atoms with E-state index >= 15 is 8.78 Å². The van der Waals surface area contributed by atoms with Crippen LogP contribution < -0.4 is 4.72 Å². The average Bonchev–Trinajstić information content (AvgIpc) is 3.78. The van der Waals surface area contributed by atoms with Gasteiger partial charge in [0.05, 0.1) is 16.6 Å². The highest BCUT2D eigenvalue weighted by atomic mass is 35.5. The van der Waals surface area contributed by atoms with E-state index in [1.54, 1.807) is 53.6 Å². The number of carbonyl (C=O) groups is 1. The summed E-state index contributed by atoms with van der Waals surface area (Å²) in [5, 5.41) is 5.65. The fraction of sp³-hybridized carbons (Fsp3) is 0.444. The predicted molar refractivity (Wildman–Crippen MR) is 179 cm³/mol. The third-order valence-corrected chi connectivity index (χ3v) is 12.1. The van der Waals surface area contributed by atoms with Gasteiger partial charge in [0, 0.05) is 34.6 Å². The van der Waals surface area contributed by atoms with Crippen LogP contribution in [0.3, 0.4) is 0 Å². The van der Waals surface area contributed by atoms with Crippen LogP contribution in [0.1, 0.15) is 63.9 Å². The second-order valence-corrected chi connectivity index (χ2v) is 15.8. The van der Waals surface area contributed by atoms with E-state index in [1.807, 2.05) is 4.68 Å². The number of alkyl halides is 2. The Hall–Kier alpha value is -3.34. The summed E-state index contributed by atoms with van der Waals surface area (Å²) in [6.45, 7) is 2.86. The van der Waals surface area contributed by atoms with E-state index in [0.29, 0.717) is 40.6 Å². The van der Waals surface area contributed by atoms with Gasteiger partial charge in [0.1, 0.15) is 0 Å². The summed E-state index contributed by atoms with van der Waals surface area (Å²) in [7, 11) is -4.55. The molecule has 2 bridgehead atoms. The molecule has 1 saturated carbocycles. The molecular formula is C36H39ClF2N4O3S. The summed E-state index contributed by atoms with van der Waals surface area (Å²) in [4.78, 5) is 15.5. The van der Waals surface area contributed by atoms with Crippen LogP contribution in [0.2, 0.25) is 5.02 Å². The molecule has 11 heteroatoms. The molecule has 2 saturated heterocycles. The van der Waals surface area contributed by atoms with Gasteiger partial charge in [0.25, 0.3) is 5.92 Å². The van der Waals surface area contributed by atoms with Crippen molar-refractivity contribution in [3.63, 3.8) is 0 Å². The van der Waals surface area contributed by atoms with E-state index in [-0.39, 0.29) is 17.0 Å². The molecule has 7 nitrogen and oxygen atoms in total. The molecule has 4 aromatic rings. The van der Waals surface area contributed by atoms with E-state index in [2.05, 4.69) is 16.7 Å². The average molecular weight is 681 g/mol. The van der Waals surface area contributed by atoms with Gasteiger partial charge in [-0.1, -0.05) is 67.8 Å². The molecule has 2 aliphatic heterocycles. The lowest BCUT2D eigenvalue weighted by molar-refractivity contribution is -0.149. The van der Waals surface area contributed by atoms with Crippen LogP contribution in [0.15, 0.2) is 77.8 Å². The molecular weight excluding hydrogens is 642 g/mol. The van der Waals surface area contributed by atoms with Crippen molar-refractivity contribution in [2.75, 3.05) is 0 Å². The Bertz CT molecular complexity index is 1860. The Morgan fingerprint density at radius 2 is 1.57 bits per heavy atom. The van der Waals surface area contributed by atoms with E-state index in [0.717, 1.165) is 43.3 Å². The molecule has 47 heavy (non-hydrogen) atoms. The van der Waals surface area contributed by atoms with Gasteiger partial charge >= 0.3 is 0 Å². The number of carbonyl (C=O) groups excluding carboxylic acids is 1. The Morgan fingerprint density at radius 3 is 2.21 bits per heavy atom. The Kier molecular flexibility index (Phi) is 8.64. The van der Waals surface area contributed by atoms with Crippen LogP contribution in [0.25, 0.3) is 22.0 Å². The van der Waals surface area contributed by atoms with Crippen molar-refractivity contribution in [1.29, 1.82) is 0 Å². The molecule has 3 aliphatic rings. The fourth-order valence-electron chi connectivity index (χ4n) is 7.97. The number of piperidine rings is 1. The van der Waals surface area contributed by atoms with Gasteiger partial charge in [-0.3, -0.25) is 9.48 Å². The minimum absolute atomic E-state index is 0.187. The number of rotatable bonds is 9. The quantitative estimate of drug-likeness (QED) is 0.196. The summed E-state index contributed by atoms with van der Waals surface area (Å²) >= 11 is 6.01. The summed E-state index contributed by atoms with van der Waals surface area (Å²) in [5.74, 6) is -3.83. The van der Waals surface area contributed by atoms with Crippen LogP contribution in [-0.4, -0.2) is 47.1 Å². The fourth-order valence-corrected chi connectivity index (χ4v) is 9.32. The van der Waals surface area contributed by atoms with E-state index in [4.69, 9.17) is 11.6 Å². The summed E-state index contributed by atoms with van der Waals surface area (Å²) in [5.41, 5.74) is 1.82. The van der Waals surface area contributed by atoms with E-state index in [9.17, 15) is 13.2 Å². The number of aromatic nitrogens is 2. The zero-order valence-corrected chi connectivity index (χ0v) is 27.9. The lowest BCUT2D eigenvalue weighted by atomic mass is 9.90. The number of halogens is 3. The molecule has 1 aromatic heterocycles. The Morgan fingerprint density at radius 1 is 0.957 bits per heavy atom. The maximum Gasteiger partial charge on any atom is 0.298 e. The molecule has 1 amide bonds. The van der Waals surface area contributed by atoms with Crippen molar-refractivity contribution >= 4 is 38.4 Å². The largest absolute Gasteiger partial charge is 0.335 e. The van der Waals surface area contributed by atoms with Crippen LogP contribution in [0.4, 0.5) is 8.78 Å². The third kappa shape index (κ3) is 6.32. The summed E-state index contributed by atoms with van der Waals surface area (Å²) in [6.07, 6.45) is 9.17. The lowest BCUT2D eigenvalue weighted by Gasteiger charge is -2.41. The van der Waals surface area contributed by atoms with Crippen molar-refractivity contribution in [3.05, 3.63) is 83.5 Å². The molecule has 3 fully saturated rings. The molecule has 248 valence electrons. The van der Waals surface area contributed by atoms with Gasteiger partial charge in [-0.15, -0.1) is 0 Å². The zero-order valence-electron chi connectivity index (χ0n) is 26.3. The monoisotopic (exact) mass is 680 g/mol. The Balaban J connectivity index is 1.21. The summed E-state index contributed by atoms with van der Waals surface area (Å²) in [6, 6.07) is 14.5. The maximum atomic E-state index is 16.7. The second-order valence-electron chi connectivity index (χ2n) is 13.7. The number of benzene rings is 3. The number of nitrogens with zero attached hydrogens (tertiary/aromatic N) is 3. The summed E-state index contributed by atoms with van der Waals surface area (Å²) < 4.78 is 65.2. The van der Waals surface area contributed by atoms with Crippen molar-refractivity contribution in [2.24, 2.45) is 11.8 Å². The molecule has 0 radical (unpaired) electrons. The van der Waals surface area contributed by atoms with Crippen LogP contribution in [0.5, 0.6) is 0 Å². The van der Waals surface area contributed by atoms with E-state index in [1.165, 1.54) is 37.1 Å². The number of nitrogens with one attached hydrogen (secondary N) is 1. The smallest absolute Gasteiger partial charge is 0.298 e. The van der Waals surface area contributed by atoms with E-state index < -0.39 is 33.5 Å². The molecule has 3 aromatic carbocycles. The number of fused-ring (bicyclic) bond motifs is 3.